The summed E-state index contributed by atoms with van der Waals surface area (Å²) < 4.78 is 3.77. The van der Waals surface area contributed by atoms with Crippen LogP contribution in [0.4, 0.5) is 0 Å². The van der Waals surface area contributed by atoms with E-state index in [2.05, 4.69) is 53.9 Å². The summed E-state index contributed by atoms with van der Waals surface area (Å²) in [6.45, 7) is 16.3. The first kappa shape index (κ1) is 26.8. The van der Waals surface area contributed by atoms with Crippen molar-refractivity contribution in [1.29, 1.82) is 0 Å². The molecule has 0 aliphatic rings. The minimum absolute atomic E-state index is 1.02. The third-order valence-electron chi connectivity index (χ3n) is 4.75. The van der Waals surface area contributed by atoms with Crippen molar-refractivity contribution < 1.29 is 0 Å². The highest BCUT2D eigenvalue weighted by atomic mass is 15.3. The summed E-state index contributed by atoms with van der Waals surface area (Å²) in [4.78, 5) is 8.47. The molecule has 4 aromatic rings. The Morgan fingerprint density at radius 1 is 0.625 bits per heavy atom. The summed E-state index contributed by atoms with van der Waals surface area (Å²) in [5, 5.41) is 8.44. The molecule has 4 heterocycles. The lowest BCUT2D eigenvalue weighted by Gasteiger charge is -2.06. The molecule has 6 nitrogen and oxygen atoms in total. The zero-order valence-corrected chi connectivity index (χ0v) is 21.3. The number of hydrogen-bond acceptors (Lipinski definition) is 4. The van der Waals surface area contributed by atoms with Gasteiger partial charge in [-0.3, -0.25) is 19.3 Å². The summed E-state index contributed by atoms with van der Waals surface area (Å²) >= 11 is 0. The second-order valence-electron chi connectivity index (χ2n) is 6.96. The van der Waals surface area contributed by atoms with E-state index in [9.17, 15) is 0 Å². The third kappa shape index (κ3) is 6.36. The van der Waals surface area contributed by atoms with Crippen LogP contribution in [0.5, 0.6) is 0 Å². The van der Waals surface area contributed by atoms with Gasteiger partial charge in [-0.25, -0.2) is 0 Å². The SMILES string of the molecule is CC.CC.Cc1cccnc1-c1c(C)cnn1C.Cc1cnccc1-c1c(C)cnn1C. The third-order valence-corrected chi connectivity index (χ3v) is 4.75. The first-order valence-corrected chi connectivity index (χ1v) is 11.2. The van der Waals surface area contributed by atoms with Crippen LogP contribution < -0.4 is 0 Å². The van der Waals surface area contributed by atoms with E-state index < -0.39 is 0 Å². The zero-order chi connectivity index (χ0) is 24.3. The van der Waals surface area contributed by atoms with E-state index in [1.165, 1.54) is 27.9 Å². The van der Waals surface area contributed by atoms with Gasteiger partial charge in [-0.2, -0.15) is 10.2 Å². The van der Waals surface area contributed by atoms with Gasteiger partial charge in [-0.05, 0) is 62.1 Å². The van der Waals surface area contributed by atoms with Gasteiger partial charge in [0.2, 0.25) is 0 Å². The van der Waals surface area contributed by atoms with Crippen LogP contribution >= 0.6 is 0 Å². The van der Waals surface area contributed by atoms with Crippen molar-refractivity contribution in [2.75, 3.05) is 0 Å². The van der Waals surface area contributed by atoms with Crippen LogP contribution in [0, 0.1) is 27.7 Å². The molecule has 0 atom stereocenters. The van der Waals surface area contributed by atoms with Gasteiger partial charge in [0.15, 0.2) is 0 Å². The molecule has 0 aliphatic carbocycles. The molecule has 0 bridgehead atoms. The smallest absolute Gasteiger partial charge is 0.0914 e. The molecule has 0 spiro atoms. The average molecular weight is 435 g/mol. The first-order valence-electron chi connectivity index (χ1n) is 11.2. The van der Waals surface area contributed by atoms with E-state index in [1.54, 1.807) is 0 Å². The van der Waals surface area contributed by atoms with Gasteiger partial charge in [0.1, 0.15) is 0 Å². The topological polar surface area (TPSA) is 61.4 Å². The lowest BCUT2D eigenvalue weighted by Crippen LogP contribution is -1.97. The van der Waals surface area contributed by atoms with E-state index >= 15 is 0 Å². The Hall–Kier alpha value is -3.28. The Balaban J connectivity index is 0.000000277. The van der Waals surface area contributed by atoms with Gasteiger partial charge in [0.05, 0.1) is 29.5 Å². The summed E-state index contributed by atoms with van der Waals surface area (Å²) in [6.07, 6.45) is 9.25. The van der Waals surface area contributed by atoms with Crippen molar-refractivity contribution in [3.63, 3.8) is 0 Å². The molecular formula is C26H38N6. The standard InChI is InChI=1S/2C11H13N3.2C2H6/c1-8-6-12-5-4-10(8)11-9(2)7-13-14(11)3;1-8-5-4-6-12-10(8)11-9(2)7-13-14(11)3;2*1-2/h2*4-7H,1-3H3;2*1-2H3. The fourth-order valence-corrected chi connectivity index (χ4v) is 3.29. The van der Waals surface area contributed by atoms with Crippen LogP contribution in [-0.2, 0) is 14.1 Å². The maximum Gasteiger partial charge on any atom is 0.0914 e. The van der Waals surface area contributed by atoms with Crippen LogP contribution in [-0.4, -0.2) is 29.5 Å². The molecule has 0 radical (unpaired) electrons. The Morgan fingerprint density at radius 2 is 1.19 bits per heavy atom. The minimum Gasteiger partial charge on any atom is -0.268 e. The highest BCUT2D eigenvalue weighted by Crippen LogP contribution is 2.25. The molecule has 32 heavy (non-hydrogen) atoms. The van der Waals surface area contributed by atoms with Crippen LogP contribution in [0.15, 0.2) is 49.2 Å². The predicted octanol–water partition coefficient (Wildman–Crippen LogP) is 6.25. The fourth-order valence-electron chi connectivity index (χ4n) is 3.29. The van der Waals surface area contributed by atoms with Gasteiger partial charge < -0.3 is 0 Å². The molecule has 0 unspecified atom stereocenters. The van der Waals surface area contributed by atoms with Gasteiger partial charge in [0.25, 0.3) is 0 Å². The van der Waals surface area contributed by atoms with Crippen LogP contribution in [0.1, 0.15) is 49.9 Å². The van der Waals surface area contributed by atoms with Gasteiger partial charge in [-0.15, -0.1) is 0 Å². The molecule has 4 aromatic heterocycles. The Labute approximate surface area is 193 Å². The number of pyridine rings is 2. The van der Waals surface area contributed by atoms with Crippen molar-refractivity contribution in [3.8, 4) is 22.6 Å². The van der Waals surface area contributed by atoms with E-state index in [-0.39, 0.29) is 0 Å². The predicted molar refractivity (Wildman–Crippen MR) is 135 cm³/mol. The Bertz CT molecular complexity index is 965. The molecule has 4 rings (SSSR count). The van der Waals surface area contributed by atoms with Crippen LogP contribution in [0.25, 0.3) is 22.6 Å². The van der Waals surface area contributed by atoms with Crippen molar-refractivity contribution in [3.05, 3.63) is 71.4 Å². The Morgan fingerprint density at radius 3 is 1.66 bits per heavy atom. The van der Waals surface area contributed by atoms with Crippen molar-refractivity contribution in [2.45, 2.75) is 55.4 Å². The van der Waals surface area contributed by atoms with Crippen molar-refractivity contribution >= 4 is 0 Å². The molecule has 0 amide bonds. The van der Waals surface area contributed by atoms with Crippen molar-refractivity contribution in [2.24, 2.45) is 14.1 Å². The number of rotatable bonds is 2. The number of aryl methyl sites for hydroxylation is 6. The molecular weight excluding hydrogens is 396 g/mol. The molecule has 0 saturated heterocycles. The molecule has 0 aromatic carbocycles. The second-order valence-corrected chi connectivity index (χ2v) is 6.96. The highest BCUT2D eigenvalue weighted by Gasteiger charge is 2.10. The molecule has 0 fully saturated rings. The van der Waals surface area contributed by atoms with E-state index in [0.29, 0.717) is 0 Å². The summed E-state index contributed by atoms with van der Waals surface area (Å²) in [6, 6.07) is 6.04. The summed E-state index contributed by atoms with van der Waals surface area (Å²) in [5.41, 5.74) is 9.21. The molecule has 172 valence electrons. The van der Waals surface area contributed by atoms with Crippen molar-refractivity contribution in [1.82, 2.24) is 29.5 Å². The number of nitrogens with zero attached hydrogens (tertiary/aromatic N) is 6. The summed E-state index contributed by atoms with van der Waals surface area (Å²) in [5.74, 6) is 0. The maximum atomic E-state index is 4.38. The largest absolute Gasteiger partial charge is 0.268 e. The van der Waals surface area contributed by atoms with E-state index in [4.69, 9.17) is 0 Å². The summed E-state index contributed by atoms with van der Waals surface area (Å²) in [7, 11) is 3.90. The van der Waals surface area contributed by atoms with Gasteiger partial charge in [0, 0.05) is 38.2 Å². The number of hydrogen-bond donors (Lipinski definition) is 0. The van der Waals surface area contributed by atoms with Crippen LogP contribution in [0.3, 0.4) is 0 Å². The molecule has 0 N–H and O–H groups in total. The fraction of sp³-hybridized carbons (Fsp3) is 0.385. The second kappa shape index (κ2) is 13.2. The van der Waals surface area contributed by atoms with Gasteiger partial charge >= 0.3 is 0 Å². The van der Waals surface area contributed by atoms with Gasteiger partial charge in [-0.1, -0.05) is 33.8 Å². The lowest BCUT2D eigenvalue weighted by atomic mass is 10.1. The van der Waals surface area contributed by atoms with E-state index in [0.717, 1.165) is 17.0 Å². The zero-order valence-electron chi connectivity index (χ0n) is 21.3. The molecule has 0 saturated carbocycles. The molecule has 6 heteroatoms. The Kier molecular flexibility index (Phi) is 11.0. The average Bonchev–Trinajstić information content (AvgIpc) is 3.32. The highest BCUT2D eigenvalue weighted by molar-refractivity contribution is 5.66. The van der Waals surface area contributed by atoms with Crippen LogP contribution in [0.2, 0.25) is 0 Å². The van der Waals surface area contributed by atoms with E-state index in [1.807, 2.05) is 94.3 Å². The lowest BCUT2D eigenvalue weighted by molar-refractivity contribution is 0.772. The normalized spacial score (nSPS) is 9.56. The quantitative estimate of drug-likeness (QED) is 0.374. The first-order chi connectivity index (χ1) is 15.4. The monoisotopic (exact) mass is 434 g/mol. The maximum absolute atomic E-state index is 4.38. The number of aromatic nitrogens is 6. The minimum atomic E-state index is 1.02. The molecule has 0 aliphatic heterocycles.